The summed E-state index contributed by atoms with van der Waals surface area (Å²) in [5.74, 6) is 1.65. The molecule has 39 heavy (non-hydrogen) atoms. The number of nitrogens with one attached hydrogen (secondary N) is 1. The molecule has 1 fully saturated rings. The zero-order valence-electron chi connectivity index (χ0n) is 22.8. The third-order valence-corrected chi connectivity index (χ3v) is 7.59. The van der Waals surface area contributed by atoms with E-state index in [1.165, 1.54) is 11.8 Å². The van der Waals surface area contributed by atoms with Crippen molar-refractivity contribution in [1.82, 2.24) is 4.90 Å². The first-order chi connectivity index (χ1) is 18.8. The van der Waals surface area contributed by atoms with Crippen LogP contribution in [0.2, 0.25) is 0 Å². The number of carbonyl (C=O) groups excluding carboxylic acids is 2. The van der Waals surface area contributed by atoms with Crippen LogP contribution in [0.4, 0.5) is 11.4 Å². The SMILES string of the molecule is COc1ccc(N=C2S[C@H](CC(=O)Nc3ccc(C)cc3C)C(=O)N2CCc2ccc(OC)c(OC)c2)cc1. The highest BCUT2D eigenvalue weighted by Gasteiger charge is 2.39. The number of benzene rings is 3. The Morgan fingerprint density at radius 1 is 0.949 bits per heavy atom. The smallest absolute Gasteiger partial charge is 0.242 e. The highest BCUT2D eigenvalue weighted by atomic mass is 32.2. The molecule has 9 heteroatoms. The number of ether oxygens (including phenoxy) is 3. The molecule has 1 heterocycles. The first-order valence-corrected chi connectivity index (χ1v) is 13.5. The standard InChI is InChI=1S/C30H33N3O5S/c1-19-6-12-24(20(2)16-19)32-28(34)18-27-29(35)33(15-14-21-7-13-25(37-4)26(17-21)38-5)30(39-27)31-22-8-10-23(36-3)11-9-22/h6-13,16-17,27H,14-15,18H2,1-5H3,(H,32,34)/t27-/m1/s1. The van der Waals surface area contributed by atoms with E-state index in [2.05, 4.69) is 5.32 Å². The lowest BCUT2D eigenvalue weighted by Gasteiger charge is -2.17. The van der Waals surface area contributed by atoms with Crippen LogP contribution in [-0.4, -0.2) is 55.0 Å². The van der Waals surface area contributed by atoms with Crippen molar-refractivity contribution in [3.05, 3.63) is 77.4 Å². The van der Waals surface area contributed by atoms with E-state index < -0.39 is 5.25 Å². The van der Waals surface area contributed by atoms with E-state index in [4.69, 9.17) is 19.2 Å². The van der Waals surface area contributed by atoms with Crippen LogP contribution in [0.1, 0.15) is 23.1 Å². The Hall–Kier alpha value is -3.98. The number of hydrogen-bond acceptors (Lipinski definition) is 7. The first kappa shape index (κ1) is 28.0. The van der Waals surface area contributed by atoms with E-state index in [-0.39, 0.29) is 18.2 Å². The number of aryl methyl sites for hydroxylation is 2. The number of rotatable bonds is 10. The van der Waals surface area contributed by atoms with Gasteiger partial charge < -0.3 is 19.5 Å². The molecule has 0 aromatic heterocycles. The Morgan fingerprint density at radius 3 is 2.36 bits per heavy atom. The molecule has 3 aromatic rings. The quantitative estimate of drug-likeness (QED) is 0.359. The predicted molar refractivity (Wildman–Crippen MR) is 156 cm³/mol. The molecule has 2 amide bonds. The average molecular weight is 548 g/mol. The summed E-state index contributed by atoms with van der Waals surface area (Å²) in [6.45, 7) is 4.37. The number of anilines is 1. The molecule has 0 unspecified atom stereocenters. The second-order valence-electron chi connectivity index (χ2n) is 9.20. The molecular formula is C30H33N3O5S. The summed E-state index contributed by atoms with van der Waals surface area (Å²) in [5, 5.41) is 2.95. The van der Waals surface area contributed by atoms with Gasteiger partial charge in [0.1, 0.15) is 11.0 Å². The number of amides is 2. The van der Waals surface area contributed by atoms with Gasteiger partial charge in [0.25, 0.3) is 0 Å². The molecule has 1 atom stereocenters. The van der Waals surface area contributed by atoms with Gasteiger partial charge in [-0.15, -0.1) is 0 Å². The maximum absolute atomic E-state index is 13.5. The Morgan fingerprint density at radius 2 is 1.69 bits per heavy atom. The molecule has 204 valence electrons. The van der Waals surface area contributed by atoms with Crippen LogP contribution in [0.15, 0.2) is 65.7 Å². The number of aliphatic imine (C=N–C) groups is 1. The summed E-state index contributed by atoms with van der Waals surface area (Å²) < 4.78 is 16.0. The highest BCUT2D eigenvalue weighted by molar-refractivity contribution is 8.15. The molecule has 0 bridgehead atoms. The van der Waals surface area contributed by atoms with Gasteiger partial charge >= 0.3 is 0 Å². The minimum Gasteiger partial charge on any atom is -0.497 e. The van der Waals surface area contributed by atoms with E-state index in [1.54, 1.807) is 26.2 Å². The Kier molecular flexibility index (Phi) is 9.14. The fourth-order valence-corrected chi connectivity index (χ4v) is 5.48. The molecule has 1 saturated heterocycles. The summed E-state index contributed by atoms with van der Waals surface area (Å²) in [4.78, 5) is 32.9. The number of hydrogen-bond donors (Lipinski definition) is 1. The Labute approximate surface area is 233 Å². The van der Waals surface area contributed by atoms with Crippen LogP contribution >= 0.6 is 11.8 Å². The van der Waals surface area contributed by atoms with Gasteiger partial charge in [-0.2, -0.15) is 0 Å². The predicted octanol–water partition coefficient (Wildman–Crippen LogP) is 5.53. The van der Waals surface area contributed by atoms with Crippen molar-refractivity contribution >= 4 is 40.1 Å². The number of carbonyl (C=O) groups is 2. The third-order valence-electron chi connectivity index (χ3n) is 6.42. The monoisotopic (exact) mass is 547 g/mol. The van der Waals surface area contributed by atoms with Crippen LogP contribution < -0.4 is 19.5 Å². The van der Waals surface area contributed by atoms with Crippen LogP contribution in [0.3, 0.4) is 0 Å². The van der Waals surface area contributed by atoms with Gasteiger partial charge in [0.2, 0.25) is 11.8 Å². The lowest BCUT2D eigenvalue weighted by molar-refractivity contribution is -0.128. The maximum Gasteiger partial charge on any atom is 0.242 e. The second kappa shape index (κ2) is 12.7. The van der Waals surface area contributed by atoms with E-state index >= 15 is 0 Å². The van der Waals surface area contributed by atoms with Gasteiger partial charge in [-0.25, -0.2) is 4.99 Å². The zero-order chi connectivity index (χ0) is 27.9. The summed E-state index contributed by atoms with van der Waals surface area (Å²) in [6.07, 6.45) is 0.626. The summed E-state index contributed by atoms with van der Waals surface area (Å²) in [7, 11) is 4.79. The number of amidine groups is 1. The van der Waals surface area contributed by atoms with Crippen molar-refractivity contribution in [3.8, 4) is 17.2 Å². The summed E-state index contributed by atoms with van der Waals surface area (Å²) in [5.41, 5.74) is 4.54. The van der Waals surface area contributed by atoms with Gasteiger partial charge in [-0.05, 0) is 73.9 Å². The fraction of sp³-hybridized carbons (Fsp3) is 0.300. The van der Waals surface area contributed by atoms with E-state index in [0.717, 1.165) is 28.1 Å². The van der Waals surface area contributed by atoms with Gasteiger partial charge in [0.05, 0.1) is 27.0 Å². The minimum atomic E-state index is -0.571. The molecular weight excluding hydrogens is 514 g/mol. The molecule has 8 nitrogen and oxygen atoms in total. The molecule has 1 N–H and O–H groups in total. The summed E-state index contributed by atoms with van der Waals surface area (Å²) in [6, 6.07) is 18.9. The normalized spacial score (nSPS) is 15.9. The average Bonchev–Trinajstić information content (AvgIpc) is 3.22. The zero-order valence-corrected chi connectivity index (χ0v) is 23.6. The van der Waals surface area contributed by atoms with Crippen molar-refractivity contribution in [2.24, 2.45) is 4.99 Å². The van der Waals surface area contributed by atoms with Gasteiger partial charge in [-0.3, -0.25) is 14.5 Å². The largest absolute Gasteiger partial charge is 0.497 e. The van der Waals surface area contributed by atoms with Crippen molar-refractivity contribution < 1.29 is 23.8 Å². The van der Waals surface area contributed by atoms with Crippen molar-refractivity contribution in [1.29, 1.82) is 0 Å². The van der Waals surface area contributed by atoms with Gasteiger partial charge in [0.15, 0.2) is 16.7 Å². The molecule has 4 rings (SSSR count). The molecule has 1 aliphatic heterocycles. The topological polar surface area (TPSA) is 89.5 Å². The van der Waals surface area contributed by atoms with Crippen LogP contribution in [0.5, 0.6) is 17.2 Å². The Balaban J connectivity index is 1.53. The molecule has 0 aliphatic carbocycles. The lowest BCUT2D eigenvalue weighted by Crippen LogP contribution is -2.35. The molecule has 0 radical (unpaired) electrons. The molecule has 1 aliphatic rings. The van der Waals surface area contributed by atoms with Crippen molar-refractivity contribution in [2.75, 3.05) is 33.2 Å². The molecule has 0 saturated carbocycles. The Bertz CT molecular complexity index is 1370. The van der Waals surface area contributed by atoms with Gasteiger partial charge in [0, 0.05) is 18.7 Å². The van der Waals surface area contributed by atoms with Crippen LogP contribution in [0, 0.1) is 13.8 Å². The van der Waals surface area contributed by atoms with Gasteiger partial charge in [-0.1, -0.05) is 35.5 Å². The second-order valence-corrected chi connectivity index (χ2v) is 10.4. The molecule has 3 aromatic carbocycles. The van der Waals surface area contributed by atoms with E-state index in [0.29, 0.717) is 35.3 Å². The lowest BCUT2D eigenvalue weighted by atomic mass is 10.1. The number of nitrogens with zero attached hydrogens (tertiary/aromatic N) is 2. The van der Waals surface area contributed by atoms with E-state index in [1.807, 2.05) is 74.5 Å². The molecule has 0 spiro atoms. The number of thioether (sulfide) groups is 1. The summed E-state index contributed by atoms with van der Waals surface area (Å²) >= 11 is 1.32. The third kappa shape index (κ3) is 6.92. The van der Waals surface area contributed by atoms with Crippen molar-refractivity contribution in [2.45, 2.75) is 31.9 Å². The minimum absolute atomic E-state index is 0.0469. The maximum atomic E-state index is 13.5. The van der Waals surface area contributed by atoms with E-state index in [9.17, 15) is 9.59 Å². The fourth-order valence-electron chi connectivity index (χ4n) is 4.30. The van der Waals surface area contributed by atoms with Crippen LogP contribution in [-0.2, 0) is 16.0 Å². The highest BCUT2D eigenvalue weighted by Crippen LogP contribution is 2.33. The number of methoxy groups -OCH3 is 3. The van der Waals surface area contributed by atoms with Crippen LogP contribution in [0.25, 0.3) is 0 Å². The van der Waals surface area contributed by atoms with Crippen molar-refractivity contribution in [3.63, 3.8) is 0 Å². The first-order valence-electron chi connectivity index (χ1n) is 12.6.